The van der Waals surface area contributed by atoms with Crippen molar-refractivity contribution in [3.8, 4) is 0 Å². The van der Waals surface area contributed by atoms with Gasteiger partial charge in [0.1, 0.15) is 0 Å². The summed E-state index contributed by atoms with van der Waals surface area (Å²) in [7, 11) is 0. The first-order chi connectivity index (χ1) is 9.45. The molecule has 0 radical (unpaired) electrons. The third kappa shape index (κ3) is 2.55. The Morgan fingerprint density at radius 1 is 1.40 bits per heavy atom. The van der Waals surface area contributed by atoms with Gasteiger partial charge in [-0.05, 0) is 38.3 Å². The fourth-order valence-electron chi connectivity index (χ4n) is 3.13. The van der Waals surface area contributed by atoms with Crippen molar-refractivity contribution in [2.75, 3.05) is 6.54 Å². The van der Waals surface area contributed by atoms with Gasteiger partial charge in [-0.3, -0.25) is 9.59 Å². The van der Waals surface area contributed by atoms with Gasteiger partial charge >= 0.3 is 5.97 Å². The largest absolute Gasteiger partial charge is 0.481 e. The van der Waals surface area contributed by atoms with Crippen molar-refractivity contribution in [1.82, 2.24) is 4.90 Å². The molecule has 1 heterocycles. The zero-order valence-electron chi connectivity index (χ0n) is 12.2. The van der Waals surface area contributed by atoms with Crippen molar-refractivity contribution in [2.24, 2.45) is 5.92 Å². The molecule has 20 heavy (non-hydrogen) atoms. The smallest absolute Gasteiger partial charge is 0.308 e. The second-order valence-corrected chi connectivity index (χ2v) is 5.47. The highest BCUT2D eigenvalue weighted by atomic mass is 16.4. The summed E-state index contributed by atoms with van der Waals surface area (Å²) in [5.41, 5.74) is 3.15. The van der Waals surface area contributed by atoms with E-state index in [9.17, 15) is 14.7 Å². The average Bonchev–Trinajstić information content (AvgIpc) is 2.38. The molecule has 0 aromatic heterocycles. The first-order valence-electron chi connectivity index (χ1n) is 7.05. The third-order valence-corrected chi connectivity index (χ3v) is 4.11. The van der Waals surface area contributed by atoms with Crippen LogP contribution in [0.3, 0.4) is 0 Å². The van der Waals surface area contributed by atoms with E-state index in [0.717, 1.165) is 16.7 Å². The van der Waals surface area contributed by atoms with Crippen LogP contribution in [0.15, 0.2) is 18.2 Å². The molecule has 1 aromatic rings. The zero-order valence-corrected chi connectivity index (χ0v) is 12.2. The van der Waals surface area contributed by atoms with E-state index in [1.165, 1.54) is 0 Å². The van der Waals surface area contributed by atoms with Gasteiger partial charge in [-0.25, -0.2) is 0 Å². The molecule has 1 aromatic carbocycles. The van der Waals surface area contributed by atoms with E-state index in [1.807, 2.05) is 39.0 Å². The number of carboxylic acid groups (broad SMARTS) is 1. The Morgan fingerprint density at radius 3 is 2.65 bits per heavy atom. The monoisotopic (exact) mass is 275 g/mol. The number of hydrogen-bond acceptors (Lipinski definition) is 2. The molecule has 0 spiro atoms. The molecule has 2 unspecified atom stereocenters. The Kier molecular flexibility index (Phi) is 4.12. The number of rotatable bonds is 3. The zero-order chi connectivity index (χ0) is 14.9. The number of piperidine rings is 1. The molecule has 1 amide bonds. The van der Waals surface area contributed by atoms with Crippen LogP contribution in [0.25, 0.3) is 0 Å². The summed E-state index contributed by atoms with van der Waals surface area (Å²) in [6.45, 7) is 6.43. The van der Waals surface area contributed by atoms with E-state index in [1.54, 1.807) is 4.90 Å². The summed E-state index contributed by atoms with van der Waals surface area (Å²) in [6, 6.07) is 5.64. The van der Waals surface area contributed by atoms with Gasteiger partial charge < -0.3 is 10.0 Å². The molecule has 1 aliphatic rings. The fourth-order valence-corrected chi connectivity index (χ4v) is 3.13. The topological polar surface area (TPSA) is 57.6 Å². The Labute approximate surface area is 119 Å². The van der Waals surface area contributed by atoms with Gasteiger partial charge in [-0.1, -0.05) is 23.8 Å². The molecule has 0 saturated carbocycles. The van der Waals surface area contributed by atoms with Crippen LogP contribution in [-0.4, -0.2) is 28.4 Å². The number of carbonyl (C=O) groups excluding carboxylic acids is 1. The second-order valence-electron chi connectivity index (χ2n) is 5.47. The van der Waals surface area contributed by atoms with Crippen molar-refractivity contribution in [3.05, 3.63) is 34.9 Å². The predicted molar refractivity (Wildman–Crippen MR) is 76.4 cm³/mol. The SMILES string of the molecule is CCN1C(=O)CCC(C(=O)O)C1c1ccc(C)cc1C. The quantitative estimate of drug-likeness (QED) is 0.922. The van der Waals surface area contributed by atoms with Crippen LogP contribution in [-0.2, 0) is 9.59 Å². The molecule has 1 fully saturated rings. The van der Waals surface area contributed by atoms with Crippen molar-refractivity contribution < 1.29 is 14.7 Å². The molecular weight excluding hydrogens is 254 g/mol. The third-order valence-electron chi connectivity index (χ3n) is 4.11. The first-order valence-corrected chi connectivity index (χ1v) is 7.05. The van der Waals surface area contributed by atoms with Crippen molar-refractivity contribution in [3.63, 3.8) is 0 Å². The highest BCUT2D eigenvalue weighted by Gasteiger charge is 2.40. The minimum atomic E-state index is -0.819. The van der Waals surface area contributed by atoms with Gasteiger partial charge in [0.05, 0.1) is 12.0 Å². The molecule has 2 rings (SSSR count). The Hall–Kier alpha value is -1.84. The Bertz CT molecular complexity index is 537. The van der Waals surface area contributed by atoms with Crippen molar-refractivity contribution in [2.45, 2.75) is 39.7 Å². The van der Waals surface area contributed by atoms with Gasteiger partial charge in [-0.15, -0.1) is 0 Å². The van der Waals surface area contributed by atoms with Crippen LogP contribution in [0.4, 0.5) is 0 Å². The lowest BCUT2D eigenvalue weighted by Crippen LogP contribution is -2.45. The number of aryl methyl sites for hydroxylation is 2. The molecule has 1 N–H and O–H groups in total. The van der Waals surface area contributed by atoms with E-state index in [-0.39, 0.29) is 11.9 Å². The van der Waals surface area contributed by atoms with E-state index in [0.29, 0.717) is 19.4 Å². The van der Waals surface area contributed by atoms with Gasteiger partial charge in [0.15, 0.2) is 0 Å². The highest BCUT2D eigenvalue weighted by molar-refractivity contribution is 5.81. The van der Waals surface area contributed by atoms with Gasteiger partial charge in [-0.2, -0.15) is 0 Å². The van der Waals surface area contributed by atoms with Crippen LogP contribution in [0.5, 0.6) is 0 Å². The van der Waals surface area contributed by atoms with Crippen LogP contribution < -0.4 is 0 Å². The fraction of sp³-hybridized carbons (Fsp3) is 0.500. The summed E-state index contributed by atoms with van der Waals surface area (Å²) in [4.78, 5) is 25.3. The van der Waals surface area contributed by atoms with E-state index < -0.39 is 11.9 Å². The number of aliphatic carboxylic acids is 1. The lowest BCUT2D eigenvalue weighted by molar-refractivity contribution is -0.151. The Morgan fingerprint density at radius 2 is 2.10 bits per heavy atom. The molecule has 108 valence electrons. The number of amides is 1. The van der Waals surface area contributed by atoms with Crippen LogP contribution in [0, 0.1) is 19.8 Å². The van der Waals surface area contributed by atoms with E-state index >= 15 is 0 Å². The molecule has 0 bridgehead atoms. The summed E-state index contributed by atoms with van der Waals surface area (Å²) in [5.74, 6) is -1.29. The number of hydrogen-bond donors (Lipinski definition) is 1. The lowest BCUT2D eigenvalue weighted by atomic mass is 9.82. The molecule has 1 aliphatic heterocycles. The predicted octanol–water partition coefficient (Wildman–Crippen LogP) is 2.69. The first kappa shape index (κ1) is 14.6. The second kappa shape index (κ2) is 5.65. The number of carboxylic acids is 1. The minimum Gasteiger partial charge on any atom is -0.481 e. The number of benzene rings is 1. The number of nitrogens with zero attached hydrogens (tertiary/aromatic N) is 1. The molecule has 2 atom stereocenters. The van der Waals surface area contributed by atoms with Gasteiger partial charge in [0, 0.05) is 13.0 Å². The molecule has 1 saturated heterocycles. The van der Waals surface area contributed by atoms with Gasteiger partial charge in [0.25, 0.3) is 0 Å². The summed E-state index contributed by atoms with van der Waals surface area (Å²) >= 11 is 0. The molecule has 0 aliphatic carbocycles. The number of carbonyl (C=O) groups is 2. The number of likely N-dealkylation sites (tertiary alicyclic amines) is 1. The summed E-state index contributed by atoms with van der Waals surface area (Å²) < 4.78 is 0. The maximum atomic E-state index is 12.1. The standard InChI is InChI=1S/C16H21NO3/c1-4-17-14(18)8-7-13(16(19)20)15(17)12-6-5-10(2)9-11(12)3/h5-6,9,13,15H,4,7-8H2,1-3H3,(H,19,20). The maximum Gasteiger partial charge on any atom is 0.308 e. The molecule has 4 heteroatoms. The minimum absolute atomic E-state index is 0.0509. The van der Waals surface area contributed by atoms with Crippen LogP contribution >= 0.6 is 0 Å². The van der Waals surface area contributed by atoms with Crippen molar-refractivity contribution >= 4 is 11.9 Å². The maximum absolute atomic E-state index is 12.1. The summed E-state index contributed by atoms with van der Waals surface area (Å²) in [6.07, 6.45) is 0.745. The van der Waals surface area contributed by atoms with Gasteiger partial charge in [0.2, 0.25) is 5.91 Å². The summed E-state index contributed by atoms with van der Waals surface area (Å²) in [5, 5.41) is 9.48. The normalized spacial score (nSPS) is 22.9. The van der Waals surface area contributed by atoms with Crippen LogP contribution in [0.1, 0.15) is 42.5 Å². The highest BCUT2D eigenvalue weighted by Crippen LogP contribution is 2.38. The molecular formula is C16H21NO3. The van der Waals surface area contributed by atoms with E-state index in [4.69, 9.17) is 0 Å². The lowest BCUT2D eigenvalue weighted by Gasteiger charge is -2.40. The average molecular weight is 275 g/mol. The molecule has 4 nitrogen and oxygen atoms in total. The van der Waals surface area contributed by atoms with Crippen molar-refractivity contribution in [1.29, 1.82) is 0 Å². The van der Waals surface area contributed by atoms with E-state index in [2.05, 4.69) is 0 Å². The van der Waals surface area contributed by atoms with Crippen LogP contribution in [0.2, 0.25) is 0 Å². The Balaban J connectivity index is 2.49.